The number of carbonyl (C=O) groups is 1. The molecule has 18 heavy (non-hydrogen) atoms. The fraction of sp³-hybridized carbons (Fsp3) is 0.286. The number of amides is 1. The molecule has 1 amide bonds. The van der Waals surface area contributed by atoms with E-state index in [9.17, 15) is 4.79 Å². The second-order valence-electron chi connectivity index (χ2n) is 4.54. The molecule has 3 rings (SSSR count). The van der Waals surface area contributed by atoms with Crippen molar-refractivity contribution >= 4 is 16.8 Å². The second-order valence-corrected chi connectivity index (χ2v) is 4.54. The number of fused-ring (bicyclic) bond motifs is 1. The van der Waals surface area contributed by atoms with Crippen molar-refractivity contribution in [3.63, 3.8) is 0 Å². The smallest absolute Gasteiger partial charge is 0.253 e. The fourth-order valence-electron chi connectivity index (χ4n) is 2.33. The summed E-state index contributed by atoms with van der Waals surface area (Å²) in [5, 5.41) is 7.28. The maximum atomic E-state index is 12.2. The molecule has 1 unspecified atom stereocenters. The van der Waals surface area contributed by atoms with Crippen LogP contribution in [0.2, 0.25) is 0 Å². The van der Waals surface area contributed by atoms with Gasteiger partial charge in [0.1, 0.15) is 0 Å². The van der Waals surface area contributed by atoms with Gasteiger partial charge in [-0.15, -0.1) is 0 Å². The number of nitrogens with zero attached hydrogens (tertiary/aromatic N) is 1. The molecule has 92 valence electrons. The van der Waals surface area contributed by atoms with Gasteiger partial charge in [0.25, 0.3) is 5.91 Å². The van der Waals surface area contributed by atoms with E-state index in [1.54, 1.807) is 6.20 Å². The quantitative estimate of drug-likeness (QED) is 0.834. The molecule has 2 aromatic rings. The van der Waals surface area contributed by atoms with Crippen LogP contribution in [0, 0.1) is 0 Å². The Kier molecular flexibility index (Phi) is 2.94. The highest BCUT2D eigenvalue weighted by Crippen LogP contribution is 2.16. The van der Waals surface area contributed by atoms with Crippen molar-refractivity contribution in [2.24, 2.45) is 0 Å². The number of nitrogens with one attached hydrogen (secondary N) is 2. The molecule has 0 bridgehead atoms. The Labute approximate surface area is 105 Å². The first-order chi connectivity index (χ1) is 8.84. The van der Waals surface area contributed by atoms with E-state index in [2.05, 4.69) is 15.6 Å². The Morgan fingerprint density at radius 3 is 3.06 bits per heavy atom. The Morgan fingerprint density at radius 2 is 2.22 bits per heavy atom. The lowest BCUT2D eigenvalue weighted by molar-refractivity contribution is 0.0941. The van der Waals surface area contributed by atoms with Crippen LogP contribution in [-0.2, 0) is 0 Å². The number of rotatable bonds is 2. The average Bonchev–Trinajstić information content (AvgIpc) is 2.91. The van der Waals surface area contributed by atoms with Gasteiger partial charge in [-0.3, -0.25) is 9.78 Å². The van der Waals surface area contributed by atoms with Crippen LogP contribution in [0.5, 0.6) is 0 Å². The van der Waals surface area contributed by atoms with Gasteiger partial charge in [-0.2, -0.15) is 0 Å². The Balaban J connectivity index is 1.91. The van der Waals surface area contributed by atoms with E-state index in [1.165, 1.54) is 0 Å². The van der Waals surface area contributed by atoms with Crippen LogP contribution < -0.4 is 10.6 Å². The molecule has 2 heterocycles. The van der Waals surface area contributed by atoms with Gasteiger partial charge in [0.15, 0.2) is 0 Å². The maximum Gasteiger partial charge on any atom is 0.253 e. The van der Waals surface area contributed by atoms with Gasteiger partial charge in [0.2, 0.25) is 0 Å². The van der Waals surface area contributed by atoms with Crippen LogP contribution >= 0.6 is 0 Å². The number of para-hydroxylation sites is 1. The summed E-state index contributed by atoms with van der Waals surface area (Å²) in [6.45, 7) is 1.82. The van der Waals surface area contributed by atoms with Gasteiger partial charge in [-0.1, -0.05) is 18.2 Å². The van der Waals surface area contributed by atoms with E-state index >= 15 is 0 Å². The van der Waals surface area contributed by atoms with Crippen molar-refractivity contribution < 1.29 is 4.79 Å². The van der Waals surface area contributed by atoms with Crippen molar-refractivity contribution in [2.45, 2.75) is 12.5 Å². The van der Waals surface area contributed by atoms with Gasteiger partial charge < -0.3 is 10.6 Å². The molecule has 1 saturated heterocycles. The standard InChI is InChI=1S/C14H15N3O/c18-14(17-11-6-8-15-9-11)12-5-1-3-10-4-2-7-16-13(10)12/h1-5,7,11,15H,6,8-9H2,(H,17,18). The molecule has 0 spiro atoms. The number of hydrogen-bond acceptors (Lipinski definition) is 3. The fourth-order valence-corrected chi connectivity index (χ4v) is 2.33. The van der Waals surface area contributed by atoms with Crippen molar-refractivity contribution in [3.8, 4) is 0 Å². The summed E-state index contributed by atoms with van der Waals surface area (Å²) in [5.41, 5.74) is 1.42. The summed E-state index contributed by atoms with van der Waals surface area (Å²) in [4.78, 5) is 16.5. The molecule has 0 aliphatic carbocycles. The first-order valence-corrected chi connectivity index (χ1v) is 6.20. The molecule has 2 N–H and O–H groups in total. The zero-order valence-electron chi connectivity index (χ0n) is 10.0. The third kappa shape index (κ3) is 2.07. The number of pyridine rings is 1. The number of hydrogen-bond donors (Lipinski definition) is 2. The lowest BCUT2D eigenvalue weighted by atomic mass is 10.1. The first-order valence-electron chi connectivity index (χ1n) is 6.20. The summed E-state index contributed by atoms with van der Waals surface area (Å²) < 4.78 is 0. The predicted octanol–water partition coefficient (Wildman–Crippen LogP) is 1.33. The van der Waals surface area contributed by atoms with Crippen LogP contribution in [0.25, 0.3) is 10.9 Å². The molecule has 1 atom stereocenters. The van der Waals surface area contributed by atoms with Crippen LogP contribution in [-0.4, -0.2) is 30.0 Å². The number of carbonyl (C=O) groups excluding carboxylic acids is 1. The number of benzene rings is 1. The van der Waals surface area contributed by atoms with E-state index in [0.717, 1.165) is 30.4 Å². The highest BCUT2D eigenvalue weighted by atomic mass is 16.1. The normalized spacial score (nSPS) is 19.0. The van der Waals surface area contributed by atoms with E-state index in [1.807, 2.05) is 30.3 Å². The highest BCUT2D eigenvalue weighted by molar-refractivity contribution is 6.05. The molecule has 0 saturated carbocycles. The predicted molar refractivity (Wildman–Crippen MR) is 70.5 cm³/mol. The minimum Gasteiger partial charge on any atom is -0.348 e. The summed E-state index contributed by atoms with van der Waals surface area (Å²) in [7, 11) is 0. The molecule has 1 aromatic carbocycles. The zero-order valence-corrected chi connectivity index (χ0v) is 10.0. The van der Waals surface area contributed by atoms with E-state index in [-0.39, 0.29) is 11.9 Å². The third-order valence-corrected chi connectivity index (χ3v) is 3.27. The third-order valence-electron chi connectivity index (χ3n) is 3.27. The molecule has 1 fully saturated rings. The molecule has 1 aromatic heterocycles. The molecule has 1 aliphatic rings. The van der Waals surface area contributed by atoms with Crippen molar-refractivity contribution in [1.82, 2.24) is 15.6 Å². The SMILES string of the molecule is O=C(NC1CCNC1)c1cccc2cccnc12. The lowest BCUT2D eigenvalue weighted by Gasteiger charge is -2.12. The molecule has 0 radical (unpaired) electrons. The van der Waals surface area contributed by atoms with E-state index in [4.69, 9.17) is 0 Å². The van der Waals surface area contributed by atoms with Gasteiger partial charge >= 0.3 is 0 Å². The molecular weight excluding hydrogens is 226 g/mol. The molecule has 1 aliphatic heterocycles. The maximum absolute atomic E-state index is 12.2. The minimum atomic E-state index is -0.0343. The Hall–Kier alpha value is -1.94. The summed E-state index contributed by atoms with van der Waals surface area (Å²) in [6.07, 6.45) is 2.71. The second kappa shape index (κ2) is 4.74. The minimum absolute atomic E-state index is 0.0343. The summed E-state index contributed by atoms with van der Waals surface area (Å²) >= 11 is 0. The lowest BCUT2D eigenvalue weighted by Crippen LogP contribution is -2.36. The van der Waals surface area contributed by atoms with Crippen LogP contribution in [0.3, 0.4) is 0 Å². The molecule has 4 nitrogen and oxygen atoms in total. The van der Waals surface area contributed by atoms with Crippen LogP contribution in [0.4, 0.5) is 0 Å². The number of aromatic nitrogens is 1. The van der Waals surface area contributed by atoms with E-state index < -0.39 is 0 Å². The largest absolute Gasteiger partial charge is 0.348 e. The Bertz CT molecular complexity index is 571. The van der Waals surface area contributed by atoms with Gasteiger partial charge in [-0.05, 0) is 25.1 Å². The summed E-state index contributed by atoms with van der Waals surface area (Å²) in [6, 6.07) is 9.77. The van der Waals surface area contributed by atoms with Crippen LogP contribution in [0.15, 0.2) is 36.5 Å². The summed E-state index contributed by atoms with van der Waals surface area (Å²) in [5.74, 6) is -0.0343. The zero-order chi connectivity index (χ0) is 12.4. The monoisotopic (exact) mass is 241 g/mol. The van der Waals surface area contributed by atoms with Crippen molar-refractivity contribution in [2.75, 3.05) is 13.1 Å². The van der Waals surface area contributed by atoms with Crippen molar-refractivity contribution in [1.29, 1.82) is 0 Å². The Morgan fingerprint density at radius 1 is 1.33 bits per heavy atom. The van der Waals surface area contributed by atoms with Gasteiger partial charge in [0.05, 0.1) is 11.1 Å². The molecular formula is C14H15N3O. The van der Waals surface area contributed by atoms with E-state index in [0.29, 0.717) is 5.56 Å². The van der Waals surface area contributed by atoms with Crippen molar-refractivity contribution in [3.05, 3.63) is 42.1 Å². The van der Waals surface area contributed by atoms with Gasteiger partial charge in [0, 0.05) is 24.2 Å². The topological polar surface area (TPSA) is 54.0 Å². The van der Waals surface area contributed by atoms with Gasteiger partial charge in [-0.25, -0.2) is 0 Å². The highest BCUT2D eigenvalue weighted by Gasteiger charge is 2.18. The molecule has 4 heteroatoms. The first kappa shape index (κ1) is 11.2. The van der Waals surface area contributed by atoms with Crippen LogP contribution in [0.1, 0.15) is 16.8 Å². The average molecular weight is 241 g/mol.